The van der Waals surface area contributed by atoms with Crippen LogP contribution in [0.25, 0.3) is 0 Å². The number of carbonyl (C=O) groups is 2. The molecule has 0 unspecified atom stereocenters. The lowest BCUT2D eigenvalue weighted by atomic mass is 10.1. The van der Waals surface area contributed by atoms with Crippen LogP contribution in [0.4, 0.5) is 5.69 Å². The monoisotopic (exact) mass is 381 g/mol. The minimum atomic E-state index is -0.347. The molecule has 0 aliphatic rings. The number of rotatable bonds is 9. The van der Waals surface area contributed by atoms with Crippen LogP contribution in [0.5, 0.6) is 0 Å². The first-order chi connectivity index (χ1) is 10.5. The van der Waals surface area contributed by atoms with Crippen LogP contribution in [0.2, 0.25) is 10.0 Å². The van der Waals surface area contributed by atoms with Gasteiger partial charge in [-0.2, -0.15) is 0 Å². The van der Waals surface area contributed by atoms with Gasteiger partial charge in [0, 0.05) is 11.4 Å². The summed E-state index contributed by atoms with van der Waals surface area (Å²) in [5.74, 6) is -0.485. The Morgan fingerprint density at radius 1 is 1.04 bits per heavy atom. The second-order valence-corrected chi connectivity index (χ2v) is 5.75. The van der Waals surface area contributed by atoms with Crippen LogP contribution in [-0.2, 0) is 9.59 Å². The molecule has 4 N–H and O–H groups in total. The van der Waals surface area contributed by atoms with Crippen molar-refractivity contribution in [1.82, 2.24) is 5.32 Å². The van der Waals surface area contributed by atoms with E-state index in [9.17, 15) is 9.59 Å². The number of hydrogen-bond donors (Lipinski definition) is 3. The Bertz CT molecular complexity index is 513. The van der Waals surface area contributed by atoms with Crippen molar-refractivity contribution in [3.8, 4) is 0 Å². The zero-order valence-electron chi connectivity index (χ0n) is 12.7. The van der Waals surface area contributed by atoms with Crippen molar-refractivity contribution in [3.05, 3.63) is 28.2 Å². The summed E-state index contributed by atoms with van der Waals surface area (Å²) in [4.78, 5) is 23.3. The van der Waals surface area contributed by atoms with E-state index in [-0.39, 0.29) is 30.8 Å². The molecule has 0 aliphatic heterocycles. The Balaban J connectivity index is 0.00000484. The summed E-state index contributed by atoms with van der Waals surface area (Å²) in [5, 5.41) is 6.05. The van der Waals surface area contributed by atoms with E-state index in [2.05, 4.69) is 10.6 Å². The number of hydrogen-bond acceptors (Lipinski definition) is 3. The lowest BCUT2D eigenvalue weighted by Gasteiger charge is -2.09. The molecule has 0 aromatic heterocycles. The smallest absolute Gasteiger partial charge is 0.243 e. The van der Waals surface area contributed by atoms with E-state index in [0.717, 1.165) is 25.7 Å². The van der Waals surface area contributed by atoms with E-state index in [1.54, 1.807) is 18.2 Å². The zero-order valence-corrected chi connectivity index (χ0v) is 15.1. The Hall–Kier alpha value is -1.01. The normalized spacial score (nSPS) is 9.87. The van der Waals surface area contributed by atoms with E-state index in [0.29, 0.717) is 28.7 Å². The third kappa shape index (κ3) is 9.66. The molecule has 0 fully saturated rings. The highest BCUT2D eigenvalue weighted by Crippen LogP contribution is 2.25. The standard InChI is InChI=1S/C15H21Cl2N3O2.ClH/c16-11-6-7-12(17)13(9-11)20-15(22)10-19-14(21)5-3-1-2-4-8-18;/h6-7,9H,1-5,8,10,18H2,(H,19,21)(H,20,22);1H. The van der Waals surface area contributed by atoms with Gasteiger partial charge < -0.3 is 16.4 Å². The lowest BCUT2D eigenvalue weighted by molar-refractivity contribution is -0.124. The lowest BCUT2D eigenvalue weighted by Crippen LogP contribution is -2.32. The van der Waals surface area contributed by atoms with E-state index in [4.69, 9.17) is 28.9 Å². The van der Waals surface area contributed by atoms with Crippen LogP contribution in [0.3, 0.4) is 0 Å². The van der Waals surface area contributed by atoms with Gasteiger partial charge in [-0.15, -0.1) is 12.4 Å². The van der Waals surface area contributed by atoms with Gasteiger partial charge in [0.05, 0.1) is 17.3 Å². The van der Waals surface area contributed by atoms with Gasteiger partial charge in [-0.25, -0.2) is 0 Å². The Labute approximate surface area is 152 Å². The molecular formula is C15H22Cl3N3O2. The topological polar surface area (TPSA) is 84.2 Å². The number of unbranched alkanes of at least 4 members (excludes halogenated alkanes) is 3. The predicted octanol–water partition coefficient (Wildman–Crippen LogP) is 3.38. The molecule has 5 nitrogen and oxygen atoms in total. The molecule has 0 aliphatic carbocycles. The summed E-state index contributed by atoms with van der Waals surface area (Å²) < 4.78 is 0. The number of nitrogens with two attached hydrogens (primary N) is 1. The van der Waals surface area contributed by atoms with Crippen LogP contribution in [0.1, 0.15) is 32.1 Å². The number of anilines is 1. The molecule has 0 saturated heterocycles. The van der Waals surface area contributed by atoms with Crippen LogP contribution in [0, 0.1) is 0 Å². The van der Waals surface area contributed by atoms with E-state index in [1.165, 1.54) is 0 Å². The maximum absolute atomic E-state index is 11.8. The molecule has 1 rings (SSSR count). The van der Waals surface area contributed by atoms with Crippen molar-refractivity contribution in [2.75, 3.05) is 18.4 Å². The molecule has 0 saturated carbocycles. The third-order valence-corrected chi connectivity index (χ3v) is 3.57. The van der Waals surface area contributed by atoms with Gasteiger partial charge in [-0.05, 0) is 37.6 Å². The molecule has 0 bridgehead atoms. The summed E-state index contributed by atoms with van der Waals surface area (Å²) in [6.07, 6.45) is 4.18. The molecule has 0 atom stereocenters. The highest BCUT2D eigenvalue weighted by Gasteiger charge is 2.08. The van der Waals surface area contributed by atoms with Gasteiger partial charge in [0.1, 0.15) is 0 Å². The highest BCUT2D eigenvalue weighted by molar-refractivity contribution is 6.35. The average Bonchev–Trinajstić information content (AvgIpc) is 2.49. The first-order valence-corrected chi connectivity index (χ1v) is 8.00. The fraction of sp³-hybridized carbons (Fsp3) is 0.467. The molecule has 0 spiro atoms. The molecule has 2 amide bonds. The van der Waals surface area contributed by atoms with Crippen LogP contribution < -0.4 is 16.4 Å². The maximum atomic E-state index is 11.8. The Kier molecular flexibility index (Phi) is 11.9. The van der Waals surface area contributed by atoms with E-state index >= 15 is 0 Å². The van der Waals surface area contributed by atoms with E-state index in [1.807, 2.05) is 0 Å². The molecule has 1 aromatic rings. The molecular weight excluding hydrogens is 361 g/mol. The third-order valence-electron chi connectivity index (χ3n) is 3.01. The highest BCUT2D eigenvalue weighted by atomic mass is 35.5. The SMILES string of the molecule is Cl.NCCCCCCC(=O)NCC(=O)Nc1cc(Cl)ccc1Cl. The number of carbonyl (C=O) groups excluding carboxylic acids is 2. The predicted molar refractivity (Wildman–Crippen MR) is 97.5 cm³/mol. The van der Waals surface area contributed by atoms with Crippen LogP contribution in [0.15, 0.2) is 18.2 Å². The minimum Gasteiger partial charge on any atom is -0.347 e. The van der Waals surface area contributed by atoms with Crippen molar-refractivity contribution in [2.24, 2.45) is 5.73 Å². The fourth-order valence-corrected chi connectivity index (χ4v) is 2.18. The van der Waals surface area contributed by atoms with Crippen LogP contribution in [-0.4, -0.2) is 24.9 Å². The average molecular weight is 383 g/mol. The van der Waals surface area contributed by atoms with Gasteiger partial charge in [0.25, 0.3) is 0 Å². The van der Waals surface area contributed by atoms with Gasteiger partial charge in [-0.3, -0.25) is 9.59 Å². The number of halogens is 3. The van der Waals surface area contributed by atoms with Gasteiger partial charge >= 0.3 is 0 Å². The largest absolute Gasteiger partial charge is 0.347 e. The Morgan fingerprint density at radius 2 is 1.74 bits per heavy atom. The molecule has 23 heavy (non-hydrogen) atoms. The number of benzene rings is 1. The van der Waals surface area contributed by atoms with Crippen molar-refractivity contribution >= 4 is 53.1 Å². The fourth-order valence-electron chi connectivity index (χ4n) is 1.84. The molecule has 130 valence electrons. The minimum absolute atomic E-state index is 0. The first kappa shape index (κ1) is 22.0. The summed E-state index contributed by atoms with van der Waals surface area (Å²) in [6.45, 7) is 0.586. The summed E-state index contributed by atoms with van der Waals surface area (Å²) in [6, 6.07) is 4.78. The van der Waals surface area contributed by atoms with Crippen LogP contribution >= 0.6 is 35.6 Å². The van der Waals surface area contributed by atoms with E-state index < -0.39 is 0 Å². The van der Waals surface area contributed by atoms with Crippen molar-refractivity contribution in [3.63, 3.8) is 0 Å². The van der Waals surface area contributed by atoms with Gasteiger partial charge in [0.2, 0.25) is 11.8 Å². The maximum Gasteiger partial charge on any atom is 0.243 e. The second-order valence-electron chi connectivity index (χ2n) is 4.90. The number of amides is 2. The molecule has 0 heterocycles. The van der Waals surface area contributed by atoms with Gasteiger partial charge in [0.15, 0.2) is 0 Å². The summed E-state index contributed by atoms with van der Waals surface area (Å²) in [7, 11) is 0. The Morgan fingerprint density at radius 3 is 2.43 bits per heavy atom. The number of nitrogens with one attached hydrogen (secondary N) is 2. The quantitative estimate of drug-likeness (QED) is 0.572. The van der Waals surface area contributed by atoms with Crippen molar-refractivity contribution in [2.45, 2.75) is 32.1 Å². The molecule has 0 radical (unpaired) electrons. The molecule has 1 aromatic carbocycles. The second kappa shape index (κ2) is 12.4. The summed E-state index contributed by atoms with van der Waals surface area (Å²) in [5.41, 5.74) is 5.82. The molecule has 8 heteroatoms. The van der Waals surface area contributed by atoms with Gasteiger partial charge in [-0.1, -0.05) is 36.0 Å². The first-order valence-electron chi connectivity index (χ1n) is 7.24. The zero-order chi connectivity index (χ0) is 16.4. The van der Waals surface area contributed by atoms with Crippen molar-refractivity contribution in [1.29, 1.82) is 0 Å². The summed E-state index contributed by atoms with van der Waals surface area (Å²) >= 11 is 11.8. The van der Waals surface area contributed by atoms with Crippen molar-refractivity contribution < 1.29 is 9.59 Å².